The Morgan fingerprint density at radius 1 is 0.679 bits per heavy atom. The van der Waals surface area contributed by atoms with Crippen LogP contribution in [-0.4, -0.2) is 18.3 Å². The summed E-state index contributed by atoms with van der Waals surface area (Å²) in [4.78, 5) is 13.9. The molecule has 0 fully saturated rings. The summed E-state index contributed by atoms with van der Waals surface area (Å²) in [5, 5.41) is 0. The van der Waals surface area contributed by atoms with Crippen molar-refractivity contribution in [1.29, 1.82) is 0 Å². The van der Waals surface area contributed by atoms with Crippen LogP contribution in [0.1, 0.15) is 16.7 Å². The molecule has 0 aliphatic heterocycles. The maximum Gasteiger partial charge on any atom is 0.195 e. The van der Waals surface area contributed by atoms with Crippen molar-refractivity contribution in [3.8, 4) is 0 Å². The molecule has 0 bridgehead atoms. The Hall–Kier alpha value is -2.49. The fraction of sp³-hybridized carbons (Fsp3) is 0.0800. The standard InChI is InChI=1S/C25H22OS2/c1-27-25(28-2)23(21-16-10-5-11-17-21)24(26)22(20-14-8-4-9-15-20)18-19-12-6-3-7-13-19/h3-18H,1-2H3/b22-18+. The van der Waals surface area contributed by atoms with Crippen LogP contribution >= 0.6 is 23.5 Å². The lowest BCUT2D eigenvalue weighted by molar-refractivity contribution is -0.108. The molecule has 0 saturated heterocycles. The van der Waals surface area contributed by atoms with Crippen molar-refractivity contribution in [1.82, 2.24) is 0 Å². The quantitative estimate of drug-likeness (QED) is 0.316. The molecule has 0 aliphatic rings. The highest BCUT2D eigenvalue weighted by Gasteiger charge is 2.22. The predicted molar refractivity (Wildman–Crippen MR) is 126 cm³/mol. The number of hydrogen-bond acceptors (Lipinski definition) is 3. The first kappa shape index (κ1) is 20.2. The number of carbonyl (C=O) groups excluding carboxylic acids is 1. The van der Waals surface area contributed by atoms with E-state index in [0.717, 1.165) is 26.5 Å². The third-order valence-electron chi connectivity index (χ3n) is 4.30. The van der Waals surface area contributed by atoms with E-state index in [1.54, 1.807) is 23.5 Å². The van der Waals surface area contributed by atoms with Crippen LogP contribution < -0.4 is 0 Å². The minimum Gasteiger partial charge on any atom is -0.289 e. The molecule has 3 aromatic carbocycles. The second-order valence-corrected chi connectivity index (χ2v) is 7.99. The lowest BCUT2D eigenvalue weighted by atomic mass is 9.92. The van der Waals surface area contributed by atoms with Crippen LogP contribution in [0.4, 0.5) is 0 Å². The van der Waals surface area contributed by atoms with Crippen molar-refractivity contribution < 1.29 is 4.79 Å². The SMILES string of the molecule is CSC(SC)=C(C(=O)/C(=C/c1ccccc1)c1ccccc1)c1ccccc1. The minimum absolute atomic E-state index is 0.0416. The summed E-state index contributed by atoms with van der Waals surface area (Å²) in [6, 6.07) is 29.8. The normalized spacial score (nSPS) is 11.1. The van der Waals surface area contributed by atoms with Gasteiger partial charge in [-0.3, -0.25) is 4.79 Å². The van der Waals surface area contributed by atoms with Crippen molar-refractivity contribution in [2.45, 2.75) is 0 Å². The fourth-order valence-corrected chi connectivity index (χ4v) is 4.48. The van der Waals surface area contributed by atoms with Gasteiger partial charge in [0.05, 0.1) is 4.24 Å². The summed E-state index contributed by atoms with van der Waals surface area (Å²) in [6.45, 7) is 0. The molecule has 0 saturated carbocycles. The van der Waals surface area contributed by atoms with Crippen LogP contribution in [0.25, 0.3) is 17.2 Å². The molecule has 3 rings (SSSR count). The number of Topliss-reactive ketones (excluding diaryl/α,β-unsaturated/α-hetero) is 1. The predicted octanol–water partition coefficient (Wildman–Crippen LogP) is 6.89. The molecule has 0 aliphatic carbocycles. The van der Waals surface area contributed by atoms with Crippen LogP contribution in [0.3, 0.4) is 0 Å². The summed E-state index contributed by atoms with van der Waals surface area (Å²) in [6.07, 6.45) is 6.02. The molecule has 3 aromatic rings. The molecule has 0 atom stereocenters. The van der Waals surface area contributed by atoms with Crippen LogP contribution in [0, 0.1) is 0 Å². The monoisotopic (exact) mass is 402 g/mol. The molecule has 0 N–H and O–H groups in total. The van der Waals surface area contributed by atoms with Gasteiger partial charge in [-0.2, -0.15) is 0 Å². The van der Waals surface area contributed by atoms with Crippen LogP contribution in [0.2, 0.25) is 0 Å². The lowest BCUT2D eigenvalue weighted by Crippen LogP contribution is -2.07. The number of hydrogen-bond donors (Lipinski definition) is 0. The van der Waals surface area contributed by atoms with Gasteiger partial charge in [0, 0.05) is 11.1 Å². The topological polar surface area (TPSA) is 17.1 Å². The van der Waals surface area contributed by atoms with E-state index in [-0.39, 0.29) is 5.78 Å². The zero-order chi connectivity index (χ0) is 19.8. The molecule has 0 unspecified atom stereocenters. The van der Waals surface area contributed by atoms with Crippen LogP contribution in [-0.2, 0) is 4.79 Å². The van der Waals surface area contributed by atoms with E-state index in [1.807, 2.05) is 110 Å². The van der Waals surface area contributed by atoms with E-state index in [1.165, 1.54) is 0 Å². The summed E-state index contributed by atoms with van der Waals surface area (Å²) >= 11 is 3.23. The first-order valence-electron chi connectivity index (χ1n) is 8.99. The number of carbonyl (C=O) groups is 1. The van der Waals surface area contributed by atoms with E-state index >= 15 is 0 Å². The van der Waals surface area contributed by atoms with Crippen molar-refractivity contribution in [3.05, 3.63) is 112 Å². The summed E-state index contributed by atoms with van der Waals surface area (Å²) in [7, 11) is 0. The Balaban J connectivity index is 2.19. The first-order valence-corrected chi connectivity index (χ1v) is 11.4. The number of allylic oxidation sites excluding steroid dienone is 2. The van der Waals surface area contributed by atoms with E-state index in [9.17, 15) is 4.79 Å². The second kappa shape index (κ2) is 10.2. The Kier molecular flexibility index (Phi) is 7.35. The maximum absolute atomic E-state index is 13.9. The van der Waals surface area contributed by atoms with E-state index < -0.39 is 0 Å². The number of ketones is 1. The average molecular weight is 403 g/mol. The number of rotatable bonds is 7. The van der Waals surface area contributed by atoms with Crippen LogP contribution in [0.5, 0.6) is 0 Å². The fourth-order valence-electron chi connectivity index (χ4n) is 2.98. The summed E-state index contributed by atoms with van der Waals surface area (Å²) < 4.78 is 1.02. The third-order valence-corrected chi connectivity index (χ3v) is 6.45. The number of benzene rings is 3. The summed E-state index contributed by atoms with van der Waals surface area (Å²) in [5.74, 6) is 0.0416. The van der Waals surface area contributed by atoms with Gasteiger partial charge in [-0.05, 0) is 35.3 Å². The molecule has 1 nitrogen and oxygen atoms in total. The minimum atomic E-state index is 0.0416. The van der Waals surface area contributed by atoms with Crippen molar-refractivity contribution >= 4 is 46.5 Å². The van der Waals surface area contributed by atoms with Gasteiger partial charge in [-0.1, -0.05) is 91.0 Å². The van der Waals surface area contributed by atoms with Crippen LogP contribution in [0.15, 0.2) is 95.2 Å². The van der Waals surface area contributed by atoms with Gasteiger partial charge in [0.15, 0.2) is 5.78 Å². The zero-order valence-electron chi connectivity index (χ0n) is 16.0. The largest absolute Gasteiger partial charge is 0.289 e. The zero-order valence-corrected chi connectivity index (χ0v) is 17.6. The van der Waals surface area contributed by atoms with Gasteiger partial charge in [-0.25, -0.2) is 0 Å². The van der Waals surface area contributed by atoms with E-state index in [4.69, 9.17) is 0 Å². The first-order chi connectivity index (χ1) is 13.7. The van der Waals surface area contributed by atoms with Gasteiger partial charge in [0.1, 0.15) is 0 Å². The van der Waals surface area contributed by atoms with Gasteiger partial charge in [-0.15, -0.1) is 23.5 Å². The van der Waals surface area contributed by atoms with Gasteiger partial charge in [0.25, 0.3) is 0 Å². The molecule has 140 valence electrons. The average Bonchev–Trinajstić information content (AvgIpc) is 2.77. The Bertz CT molecular complexity index is 969. The molecule has 0 aromatic heterocycles. The molecule has 0 spiro atoms. The van der Waals surface area contributed by atoms with E-state index in [2.05, 4.69) is 0 Å². The van der Waals surface area contributed by atoms with Crippen molar-refractivity contribution in [3.63, 3.8) is 0 Å². The Morgan fingerprint density at radius 2 is 1.14 bits per heavy atom. The molecule has 0 amide bonds. The van der Waals surface area contributed by atoms with Gasteiger partial charge in [0.2, 0.25) is 0 Å². The molecule has 3 heteroatoms. The molecule has 0 heterocycles. The summed E-state index contributed by atoms with van der Waals surface area (Å²) in [5.41, 5.74) is 4.34. The van der Waals surface area contributed by atoms with Gasteiger partial charge < -0.3 is 0 Å². The lowest BCUT2D eigenvalue weighted by Gasteiger charge is -2.15. The van der Waals surface area contributed by atoms with Gasteiger partial charge >= 0.3 is 0 Å². The smallest absolute Gasteiger partial charge is 0.195 e. The Morgan fingerprint density at radius 3 is 1.64 bits per heavy atom. The highest BCUT2D eigenvalue weighted by Crippen LogP contribution is 2.37. The molecule has 28 heavy (non-hydrogen) atoms. The third kappa shape index (κ3) is 4.86. The van der Waals surface area contributed by atoms with Crippen molar-refractivity contribution in [2.24, 2.45) is 0 Å². The molecule has 0 radical (unpaired) electrons. The maximum atomic E-state index is 13.9. The Labute approximate surface area is 175 Å². The van der Waals surface area contributed by atoms with Crippen molar-refractivity contribution in [2.75, 3.05) is 12.5 Å². The second-order valence-electron chi connectivity index (χ2n) is 6.10. The highest BCUT2D eigenvalue weighted by atomic mass is 32.2. The van der Waals surface area contributed by atoms with E-state index in [0.29, 0.717) is 5.57 Å². The molecular weight excluding hydrogens is 380 g/mol. The highest BCUT2D eigenvalue weighted by molar-refractivity contribution is 8.22. The number of thioether (sulfide) groups is 2. The molecular formula is C25H22OS2.